The van der Waals surface area contributed by atoms with Crippen LogP contribution < -0.4 is 15.4 Å². The maximum atomic E-state index is 5.59. The molecular formula is C22H33N5O. The fraction of sp³-hybridized carbons (Fsp3) is 0.545. The molecule has 0 aliphatic carbocycles. The van der Waals surface area contributed by atoms with Crippen LogP contribution in [0.4, 0.5) is 17.5 Å². The van der Waals surface area contributed by atoms with Gasteiger partial charge in [-0.15, -0.1) is 0 Å². The first-order valence-corrected chi connectivity index (χ1v) is 10.3. The quantitative estimate of drug-likeness (QED) is 0.675. The third kappa shape index (κ3) is 5.58. The molecule has 0 unspecified atom stereocenters. The van der Waals surface area contributed by atoms with Crippen LogP contribution in [0, 0.1) is 12.8 Å². The molecule has 2 heterocycles. The summed E-state index contributed by atoms with van der Waals surface area (Å²) < 4.78 is 5.59. The van der Waals surface area contributed by atoms with E-state index in [0.717, 1.165) is 35.8 Å². The van der Waals surface area contributed by atoms with Crippen LogP contribution in [0.3, 0.4) is 0 Å². The smallest absolute Gasteiger partial charge is 0.229 e. The molecule has 0 bridgehead atoms. The molecule has 3 rings (SSSR count). The van der Waals surface area contributed by atoms with Gasteiger partial charge in [-0.05, 0) is 75.4 Å². The summed E-state index contributed by atoms with van der Waals surface area (Å²) in [6, 6.07) is 8.12. The summed E-state index contributed by atoms with van der Waals surface area (Å²) in [5.41, 5.74) is 3.13. The fourth-order valence-electron chi connectivity index (χ4n) is 3.83. The summed E-state index contributed by atoms with van der Waals surface area (Å²) >= 11 is 0. The highest BCUT2D eigenvalue weighted by molar-refractivity contribution is 5.58. The van der Waals surface area contributed by atoms with Gasteiger partial charge in [0.15, 0.2) is 0 Å². The van der Waals surface area contributed by atoms with Crippen molar-refractivity contribution < 1.29 is 4.74 Å². The van der Waals surface area contributed by atoms with E-state index in [1.807, 2.05) is 32.2 Å². The van der Waals surface area contributed by atoms with Crippen LogP contribution in [0.15, 0.2) is 24.3 Å². The average Bonchev–Trinajstić information content (AvgIpc) is 3.19. The van der Waals surface area contributed by atoms with Crippen molar-refractivity contribution in [3.63, 3.8) is 0 Å². The maximum Gasteiger partial charge on any atom is 0.229 e. The molecule has 0 amide bonds. The van der Waals surface area contributed by atoms with Gasteiger partial charge in [0.2, 0.25) is 5.95 Å². The van der Waals surface area contributed by atoms with E-state index in [1.54, 1.807) is 7.11 Å². The standard InChI is InChI=1S/C22H33N5O/c1-16(15-27-11-5-6-12-27)7-8-18-14-19(9-10-20(18)28-4)25-22-24-17(2)13-21(23-3)26-22/h9-10,13-14,16H,5-8,11-12,15H2,1-4H3,(H2,23,24,25,26)/t16-/m0/s1. The first-order valence-electron chi connectivity index (χ1n) is 10.3. The third-order valence-corrected chi connectivity index (χ3v) is 5.32. The highest BCUT2D eigenvalue weighted by Gasteiger charge is 2.15. The normalized spacial score (nSPS) is 15.4. The van der Waals surface area contributed by atoms with Crippen LogP contribution in [0.2, 0.25) is 0 Å². The van der Waals surface area contributed by atoms with Gasteiger partial charge >= 0.3 is 0 Å². The molecule has 1 atom stereocenters. The zero-order chi connectivity index (χ0) is 19.9. The highest BCUT2D eigenvalue weighted by atomic mass is 16.5. The number of benzene rings is 1. The first kappa shape index (κ1) is 20.4. The minimum absolute atomic E-state index is 0.600. The number of nitrogens with zero attached hydrogens (tertiary/aromatic N) is 3. The third-order valence-electron chi connectivity index (χ3n) is 5.32. The number of hydrogen-bond donors (Lipinski definition) is 2. The Morgan fingerprint density at radius 3 is 2.68 bits per heavy atom. The lowest BCUT2D eigenvalue weighted by Crippen LogP contribution is -2.25. The molecule has 1 aliphatic heterocycles. The van der Waals surface area contributed by atoms with Crippen molar-refractivity contribution >= 4 is 17.5 Å². The SMILES string of the molecule is CNc1cc(C)nc(Nc2ccc(OC)c(CC[C@H](C)CN3CCCC3)c2)n1. The van der Waals surface area contributed by atoms with Gasteiger partial charge < -0.3 is 20.3 Å². The number of likely N-dealkylation sites (tertiary alicyclic amines) is 1. The second-order valence-electron chi connectivity index (χ2n) is 7.77. The summed E-state index contributed by atoms with van der Waals surface area (Å²) in [6.07, 6.45) is 4.86. The lowest BCUT2D eigenvalue weighted by molar-refractivity contribution is 0.279. The van der Waals surface area contributed by atoms with Crippen LogP contribution in [0.25, 0.3) is 0 Å². The average molecular weight is 384 g/mol. The Morgan fingerprint density at radius 2 is 1.96 bits per heavy atom. The zero-order valence-electron chi connectivity index (χ0n) is 17.6. The van der Waals surface area contributed by atoms with Crippen molar-refractivity contribution in [2.45, 2.75) is 39.5 Å². The van der Waals surface area contributed by atoms with Crippen molar-refractivity contribution in [3.05, 3.63) is 35.5 Å². The first-order chi connectivity index (χ1) is 13.6. The molecule has 28 heavy (non-hydrogen) atoms. The summed E-state index contributed by atoms with van der Waals surface area (Å²) in [5, 5.41) is 6.40. The molecule has 1 aromatic carbocycles. The predicted octanol–water partition coefficient (Wildman–Crippen LogP) is 4.24. The van der Waals surface area contributed by atoms with Crippen molar-refractivity contribution in [3.8, 4) is 5.75 Å². The molecule has 1 aliphatic rings. The molecule has 6 nitrogen and oxygen atoms in total. The molecule has 0 spiro atoms. The Balaban J connectivity index is 1.66. The molecule has 152 valence electrons. The monoisotopic (exact) mass is 383 g/mol. The minimum atomic E-state index is 0.600. The molecule has 2 aromatic rings. The van der Waals surface area contributed by atoms with E-state index in [1.165, 1.54) is 38.0 Å². The second-order valence-corrected chi connectivity index (χ2v) is 7.77. The number of rotatable bonds is 9. The van der Waals surface area contributed by atoms with Gasteiger partial charge in [0.25, 0.3) is 0 Å². The lowest BCUT2D eigenvalue weighted by atomic mass is 9.99. The largest absolute Gasteiger partial charge is 0.496 e. The molecule has 1 fully saturated rings. The van der Waals surface area contributed by atoms with Gasteiger partial charge in [-0.1, -0.05) is 6.92 Å². The van der Waals surface area contributed by atoms with Crippen molar-refractivity contribution in [1.82, 2.24) is 14.9 Å². The molecular weight excluding hydrogens is 350 g/mol. The minimum Gasteiger partial charge on any atom is -0.496 e. The van der Waals surface area contributed by atoms with E-state index in [4.69, 9.17) is 4.74 Å². The number of ether oxygens (including phenoxy) is 1. The Labute approximate surface area is 168 Å². The topological polar surface area (TPSA) is 62.3 Å². The molecule has 1 saturated heterocycles. The predicted molar refractivity (Wildman–Crippen MR) is 116 cm³/mol. The molecule has 2 N–H and O–H groups in total. The number of hydrogen-bond acceptors (Lipinski definition) is 6. The van der Waals surface area contributed by atoms with Crippen molar-refractivity contribution in [2.75, 3.05) is 44.4 Å². The number of anilines is 3. The van der Waals surface area contributed by atoms with E-state index in [-0.39, 0.29) is 0 Å². The van der Waals surface area contributed by atoms with Gasteiger partial charge in [0.05, 0.1) is 7.11 Å². The van der Waals surface area contributed by atoms with E-state index in [2.05, 4.69) is 38.5 Å². The Morgan fingerprint density at radius 1 is 1.18 bits per heavy atom. The molecule has 6 heteroatoms. The van der Waals surface area contributed by atoms with E-state index < -0.39 is 0 Å². The van der Waals surface area contributed by atoms with Crippen LogP contribution in [0.5, 0.6) is 5.75 Å². The summed E-state index contributed by atoms with van der Waals surface area (Å²) in [7, 11) is 3.60. The van der Waals surface area contributed by atoms with E-state index in [0.29, 0.717) is 11.9 Å². The summed E-state index contributed by atoms with van der Waals surface area (Å²) in [4.78, 5) is 11.6. The summed E-state index contributed by atoms with van der Waals surface area (Å²) in [6.45, 7) is 8.04. The van der Waals surface area contributed by atoms with Crippen LogP contribution >= 0.6 is 0 Å². The number of nitrogens with one attached hydrogen (secondary N) is 2. The molecule has 1 aromatic heterocycles. The lowest BCUT2D eigenvalue weighted by Gasteiger charge is -2.20. The Bertz CT molecular complexity index is 774. The van der Waals surface area contributed by atoms with Gasteiger partial charge in [0.1, 0.15) is 11.6 Å². The van der Waals surface area contributed by atoms with Gasteiger partial charge in [-0.25, -0.2) is 4.98 Å². The van der Waals surface area contributed by atoms with E-state index in [9.17, 15) is 0 Å². The fourth-order valence-corrected chi connectivity index (χ4v) is 3.83. The zero-order valence-corrected chi connectivity index (χ0v) is 17.6. The van der Waals surface area contributed by atoms with Gasteiger partial charge in [-0.3, -0.25) is 0 Å². The van der Waals surface area contributed by atoms with Gasteiger partial charge in [0, 0.05) is 31.0 Å². The molecule has 0 radical (unpaired) electrons. The number of methoxy groups -OCH3 is 1. The maximum absolute atomic E-state index is 5.59. The Kier molecular flexibility index (Phi) is 7.09. The highest BCUT2D eigenvalue weighted by Crippen LogP contribution is 2.27. The van der Waals surface area contributed by atoms with Crippen molar-refractivity contribution in [2.24, 2.45) is 5.92 Å². The summed E-state index contributed by atoms with van der Waals surface area (Å²) in [5.74, 6) is 3.03. The number of aromatic nitrogens is 2. The van der Waals surface area contributed by atoms with Crippen LogP contribution in [0.1, 0.15) is 37.4 Å². The Hall–Kier alpha value is -2.34. The van der Waals surface area contributed by atoms with Crippen LogP contribution in [-0.2, 0) is 6.42 Å². The van der Waals surface area contributed by atoms with E-state index >= 15 is 0 Å². The van der Waals surface area contributed by atoms with Gasteiger partial charge in [-0.2, -0.15) is 4.98 Å². The molecule has 0 saturated carbocycles. The van der Waals surface area contributed by atoms with Crippen molar-refractivity contribution in [1.29, 1.82) is 0 Å². The second kappa shape index (κ2) is 9.73. The van der Waals surface area contributed by atoms with Crippen LogP contribution in [-0.4, -0.2) is 48.7 Å². The number of aryl methyl sites for hydroxylation is 2.